The lowest BCUT2D eigenvalue weighted by Gasteiger charge is -2.04. The van der Waals surface area contributed by atoms with Crippen molar-refractivity contribution in [3.63, 3.8) is 0 Å². The first kappa shape index (κ1) is 10.6. The van der Waals surface area contributed by atoms with Crippen molar-refractivity contribution in [2.45, 2.75) is 13.8 Å². The van der Waals surface area contributed by atoms with Crippen LogP contribution in [0.5, 0.6) is 0 Å². The Morgan fingerprint density at radius 3 is 2.50 bits per heavy atom. The Morgan fingerprint density at radius 2 is 1.94 bits per heavy atom. The van der Waals surface area contributed by atoms with Gasteiger partial charge in [-0.1, -0.05) is 11.2 Å². The lowest BCUT2D eigenvalue weighted by Crippen LogP contribution is -1.94. The molecule has 16 heavy (non-hydrogen) atoms. The minimum absolute atomic E-state index is 0.0381. The molecule has 5 heteroatoms. The Balaban J connectivity index is 2.73. The lowest BCUT2D eigenvalue weighted by atomic mass is 10.0. The zero-order valence-corrected chi connectivity index (χ0v) is 8.84. The third-order valence-electron chi connectivity index (χ3n) is 2.47. The van der Waals surface area contributed by atoms with Crippen molar-refractivity contribution < 1.29 is 13.3 Å². The number of nitrogens with zero attached hydrogens (tertiary/aromatic N) is 1. The Labute approximate surface area is 90.9 Å². The minimum Gasteiger partial charge on any atom is -0.381 e. The smallest absolute Gasteiger partial charge is 0.177 e. The number of halogens is 2. The maximum Gasteiger partial charge on any atom is 0.177 e. The molecule has 84 valence electrons. The van der Waals surface area contributed by atoms with Gasteiger partial charge in [-0.3, -0.25) is 0 Å². The van der Waals surface area contributed by atoms with Gasteiger partial charge in [-0.15, -0.1) is 0 Å². The van der Waals surface area contributed by atoms with Gasteiger partial charge in [0.2, 0.25) is 0 Å². The maximum absolute atomic E-state index is 13.8. The van der Waals surface area contributed by atoms with E-state index >= 15 is 0 Å². The highest BCUT2D eigenvalue weighted by molar-refractivity contribution is 5.67. The first-order valence-corrected chi connectivity index (χ1v) is 4.69. The lowest BCUT2D eigenvalue weighted by molar-refractivity contribution is 0.429. The molecule has 3 nitrogen and oxygen atoms in total. The molecular weight excluding hydrogens is 214 g/mol. The summed E-state index contributed by atoms with van der Waals surface area (Å²) in [5.41, 5.74) is 6.02. The Hall–Kier alpha value is -1.91. The SMILES string of the molecule is Cc1ccc(F)c(-c2onc(N)c2C)c1F. The summed E-state index contributed by atoms with van der Waals surface area (Å²) in [6.07, 6.45) is 0. The van der Waals surface area contributed by atoms with Crippen molar-refractivity contribution in [1.82, 2.24) is 5.16 Å². The molecule has 2 N–H and O–H groups in total. The molecule has 0 radical (unpaired) electrons. The molecule has 0 saturated carbocycles. The summed E-state index contributed by atoms with van der Waals surface area (Å²) in [6.45, 7) is 3.15. The molecule has 0 unspecified atom stereocenters. The first-order chi connectivity index (χ1) is 7.52. The molecule has 1 heterocycles. The Morgan fingerprint density at radius 1 is 1.25 bits per heavy atom. The van der Waals surface area contributed by atoms with Crippen molar-refractivity contribution in [1.29, 1.82) is 0 Å². The molecule has 0 atom stereocenters. The number of hydrogen-bond donors (Lipinski definition) is 1. The van der Waals surface area contributed by atoms with Gasteiger partial charge in [-0.2, -0.15) is 0 Å². The summed E-state index contributed by atoms with van der Waals surface area (Å²) in [4.78, 5) is 0. The van der Waals surface area contributed by atoms with Crippen LogP contribution in [0.25, 0.3) is 11.3 Å². The van der Waals surface area contributed by atoms with Gasteiger partial charge < -0.3 is 10.3 Å². The topological polar surface area (TPSA) is 52.0 Å². The predicted octanol–water partition coefficient (Wildman–Crippen LogP) is 2.82. The van der Waals surface area contributed by atoms with E-state index in [1.165, 1.54) is 12.1 Å². The maximum atomic E-state index is 13.8. The van der Waals surface area contributed by atoms with Crippen molar-refractivity contribution in [2.24, 2.45) is 0 Å². The van der Waals surface area contributed by atoms with Crippen molar-refractivity contribution in [3.8, 4) is 11.3 Å². The molecule has 0 spiro atoms. The van der Waals surface area contributed by atoms with Crippen LogP contribution in [0.1, 0.15) is 11.1 Å². The van der Waals surface area contributed by atoms with Gasteiger partial charge in [-0.25, -0.2) is 8.78 Å². The van der Waals surface area contributed by atoms with E-state index in [-0.39, 0.29) is 17.1 Å². The number of rotatable bonds is 1. The fourth-order valence-corrected chi connectivity index (χ4v) is 1.45. The quantitative estimate of drug-likeness (QED) is 0.810. The average Bonchev–Trinajstić information content (AvgIpc) is 2.56. The Kier molecular flexibility index (Phi) is 2.38. The van der Waals surface area contributed by atoms with Crippen LogP contribution in [0.3, 0.4) is 0 Å². The van der Waals surface area contributed by atoms with E-state index in [4.69, 9.17) is 10.3 Å². The van der Waals surface area contributed by atoms with E-state index in [0.717, 1.165) is 0 Å². The summed E-state index contributed by atoms with van der Waals surface area (Å²) in [5, 5.41) is 3.47. The summed E-state index contributed by atoms with van der Waals surface area (Å²) in [5.74, 6) is -1.17. The summed E-state index contributed by atoms with van der Waals surface area (Å²) >= 11 is 0. The number of anilines is 1. The zero-order valence-electron chi connectivity index (χ0n) is 8.84. The minimum atomic E-state index is -0.692. The fraction of sp³-hybridized carbons (Fsp3) is 0.182. The number of benzene rings is 1. The average molecular weight is 224 g/mol. The van der Waals surface area contributed by atoms with Gasteiger partial charge in [0.15, 0.2) is 11.6 Å². The van der Waals surface area contributed by atoms with Crippen molar-refractivity contribution >= 4 is 5.82 Å². The van der Waals surface area contributed by atoms with Gasteiger partial charge >= 0.3 is 0 Å². The summed E-state index contributed by atoms with van der Waals surface area (Å²) < 4.78 is 32.1. The van der Waals surface area contributed by atoms with Crippen molar-refractivity contribution in [3.05, 3.63) is 34.9 Å². The fourth-order valence-electron chi connectivity index (χ4n) is 1.45. The molecule has 0 aliphatic heterocycles. The van der Waals surface area contributed by atoms with Crippen LogP contribution in [-0.2, 0) is 0 Å². The van der Waals surface area contributed by atoms with Gasteiger partial charge in [0, 0.05) is 5.56 Å². The largest absolute Gasteiger partial charge is 0.381 e. The third-order valence-corrected chi connectivity index (χ3v) is 2.47. The van der Waals surface area contributed by atoms with Gasteiger partial charge in [0.05, 0.1) is 5.56 Å². The molecule has 0 aliphatic carbocycles. The van der Waals surface area contributed by atoms with Crippen LogP contribution in [0.2, 0.25) is 0 Å². The molecule has 2 aromatic rings. The second-order valence-corrected chi connectivity index (χ2v) is 3.58. The number of aromatic nitrogens is 1. The zero-order chi connectivity index (χ0) is 11.9. The number of nitrogen functional groups attached to an aromatic ring is 1. The second kappa shape index (κ2) is 3.59. The molecular formula is C11H10F2N2O. The first-order valence-electron chi connectivity index (χ1n) is 4.69. The van der Waals surface area contributed by atoms with E-state index in [2.05, 4.69) is 5.16 Å². The third kappa shape index (κ3) is 1.44. The predicted molar refractivity (Wildman–Crippen MR) is 55.7 cm³/mol. The molecule has 0 fully saturated rings. The number of aryl methyl sites for hydroxylation is 1. The van der Waals surface area contributed by atoms with E-state index in [0.29, 0.717) is 11.1 Å². The molecule has 0 bridgehead atoms. The van der Waals surface area contributed by atoms with Crippen LogP contribution >= 0.6 is 0 Å². The molecule has 2 rings (SSSR count). The van der Waals surface area contributed by atoms with E-state index in [1.807, 2.05) is 0 Å². The molecule has 0 amide bonds. The standard InChI is InChI=1S/C11H10F2N2O/c1-5-3-4-7(12)8(9(5)13)10-6(2)11(14)15-16-10/h3-4H,1-2H3,(H2,14,15). The van der Waals surface area contributed by atoms with Gasteiger partial charge in [0.25, 0.3) is 0 Å². The van der Waals surface area contributed by atoms with Crippen LogP contribution in [0.15, 0.2) is 16.7 Å². The molecule has 1 aromatic heterocycles. The Bertz CT molecular complexity index is 549. The molecule has 0 aliphatic rings. The number of nitrogens with two attached hydrogens (primary N) is 1. The highest BCUT2D eigenvalue weighted by Crippen LogP contribution is 2.32. The molecule has 0 saturated heterocycles. The van der Waals surface area contributed by atoms with Gasteiger partial charge in [-0.05, 0) is 25.5 Å². The van der Waals surface area contributed by atoms with Crippen LogP contribution in [0, 0.1) is 25.5 Å². The van der Waals surface area contributed by atoms with Crippen LogP contribution in [0.4, 0.5) is 14.6 Å². The second-order valence-electron chi connectivity index (χ2n) is 3.58. The van der Waals surface area contributed by atoms with E-state index < -0.39 is 11.6 Å². The summed E-state index contributed by atoms with van der Waals surface area (Å²) in [6, 6.07) is 2.55. The van der Waals surface area contributed by atoms with E-state index in [1.54, 1.807) is 13.8 Å². The normalized spacial score (nSPS) is 10.8. The van der Waals surface area contributed by atoms with Crippen LogP contribution in [-0.4, -0.2) is 5.16 Å². The van der Waals surface area contributed by atoms with Gasteiger partial charge in [0.1, 0.15) is 11.6 Å². The van der Waals surface area contributed by atoms with E-state index in [9.17, 15) is 8.78 Å². The highest BCUT2D eigenvalue weighted by atomic mass is 19.1. The van der Waals surface area contributed by atoms with Crippen LogP contribution < -0.4 is 5.73 Å². The monoisotopic (exact) mass is 224 g/mol. The number of hydrogen-bond acceptors (Lipinski definition) is 3. The molecule has 1 aromatic carbocycles. The van der Waals surface area contributed by atoms with Crippen molar-refractivity contribution in [2.75, 3.05) is 5.73 Å². The summed E-state index contributed by atoms with van der Waals surface area (Å²) in [7, 11) is 0. The highest BCUT2D eigenvalue weighted by Gasteiger charge is 2.20.